The van der Waals surface area contributed by atoms with Crippen molar-refractivity contribution in [2.45, 2.75) is 25.8 Å². The lowest BCUT2D eigenvalue weighted by atomic mass is 10.2. The van der Waals surface area contributed by atoms with Crippen molar-refractivity contribution in [1.82, 2.24) is 24.9 Å². The Hall–Kier alpha value is -1.89. The van der Waals surface area contributed by atoms with Crippen LogP contribution in [0.1, 0.15) is 18.4 Å². The average molecular weight is 295 g/mol. The number of nitrogens with zero attached hydrogens (tertiary/aromatic N) is 5. The summed E-state index contributed by atoms with van der Waals surface area (Å²) in [5, 5.41) is 7.30. The highest BCUT2D eigenvalue weighted by Crippen LogP contribution is 2.31. The van der Waals surface area contributed by atoms with Gasteiger partial charge in [-0.3, -0.25) is 4.79 Å². The van der Waals surface area contributed by atoms with Gasteiger partial charge in [0.1, 0.15) is 23.3 Å². The van der Waals surface area contributed by atoms with Crippen molar-refractivity contribution in [2.24, 2.45) is 0 Å². The van der Waals surface area contributed by atoms with Gasteiger partial charge in [-0.2, -0.15) is 19.6 Å². The van der Waals surface area contributed by atoms with E-state index in [0.29, 0.717) is 10.9 Å². The largest absolute Gasteiger partial charge is 0.357 e. The number of halogens is 1. The molecule has 1 saturated heterocycles. The molecule has 3 heterocycles. The molecule has 1 atom stereocenters. The molecule has 20 heavy (non-hydrogen) atoms. The average Bonchev–Trinajstić information content (AvgIpc) is 3.08. The summed E-state index contributed by atoms with van der Waals surface area (Å²) in [6.07, 6.45) is 3.20. The number of fused-ring (bicyclic) bond motifs is 1. The van der Waals surface area contributed by atoms with Gasteiger partial charge in [-0.15, -0.1) is 0 Å². The van der Waals surface area contributed by atoms with Crippen LogP contribution in [-0.2, 0) is 4.79 Å². The zero-order valence-corrected chi connectivity index (χ0v) is 12.1. The molecule has 0 aromatic carbocycles. The molecule has 0 aliphatic carbocycles. The predicted molar refractivity (Wildman–Crippen MR) is 75.0 cm³/mol. The van der Waals surface area contributed by atoms with E-state index < -0.39 is 0 Å². The summed E-state index contributed by atoms with van der Waals surface area (Å²) in [7, 11) is 1.65. The molecule has 1 aliphatic heterocycles. The topological polar surface area (TPSA) is 75.4 Å². The molecule has 106 valence electrons. The van der Waals surface area contributed by atoms with E-state index in [1.54, 1.807) is 11.6 Å². The molecule has 0 radical (unpaired) electrons. The minimum atomic E-state index is -0.204. The molecule has 1 N–H and O–H groups in total. The molecule has 1 aliphatic rings. The van der Waals surface area contributed by atoms with E-state index in [4.69, 9.17) is 11.6 Å². The molecule has 0 spiro atoms. The van der Waals surface area contributed by atoms with Gasteiger partial charge < -0.3 is 10.2 Å². The molecule has 0 saturated carbocycles. The Morgan fingerprint density at radius 2 is 2.35 bits per heavy atom. The van der Waals surface area contributed by atoms with E-state index in [0.717, 1.165) is 30.8 Å². The van der Waals surface area contributed by atoms with Gasteiger partial charge in [0, 0.05) is 19.2 Å². The van der Waals surface area contributed by atoms with E-state index in [9.17, 15) is 4.79 Å². The number of likely N-dealkylation sites (N-methyl/N-ethyl adjacent to an activating group) is 1. The monoisotopic (exact) mass is 294 g/mol. The van der Waals surface area contributed by atoms with Crippen molar-refractivity contribution in [3.8, 4) is 0 Å². The standard InChI is InChI=1S/C12H15ClN6O/c1-7-9(13)17-12-15-6-16-19(12)11(7)18-5-3-4-8(18)10(20)14-2/h6,8H,3-5H2,1-2H3,(H,14,20). The van der Waals surface area contributed by atoms with E-state index >= 15 is 0 Å². The Balaban J connectivity index is 2.15. The third-order valence-electron chi connectivity index (χ3n) is 3.65. The fourth-order valence-corrected chi connectivity index (χ4v) is 2.84. The first kappa shape index (κ1) is 13.1. The summed E-state index contributed by atoms with van der Waals surface area (Å²) in [5.41, 5.74) is 0.806. The molecule has 1 amide bonds. The summed E-state index contributed by atoms with van der Waals surface area (Å²) >= 11 is 6.17. The molecule has 3 rings (SSSR count). The van der Waals surface area contributed by atoms with Gasteiger partial charge in [-0.1, -0.05) is 11.6 Å². The first-order valence-electron chi connectivity index (χ1n) is 6.47. The van der Waals surface area contributed by atoms with Gasteiger partial charge in [0.2, 0.25) is 5.91 Å². The Labute approximate surface area is 121 Å². The minimum absolute atomic E-state index is 0.00287. The third kappa shape index (κ3) is 1.89. The second-order valence-electron chi connectivity index (χ2n) is 4.79. The van der Waals surface area contributed by atoms with Crippen LogP contribution in [0, 0.1) is 6.92 Å². The van der Waals surface area contributed by atoms with Crippen molar-refractivity contribution < 1.29 is 4.79 Å². The van der Waals surface area contributed by atoms with Crippen LogP contribution in [0.4, 0.5) is 5.82 Å². The number of carbonyl (C=O) groups excluding carboxylic acids is 1. The summed E-state index contributed by atoms with van der Waals surface area (Å²) in [6.45, 7) is 2.67. The first-order chi connectivity index (χ1) is 9.63. The van der Waals surface area contributed by atoms with Crippen molar-refractivity contribution >= 4 is 29.1 Å². The fraction of sp³-hybridized carbons (Fsp3) is 0.500. The van der Waals surface area contributed by atoms with Gasteiger partial charge in [-0.25, -0.2) is 0 Å². The van der Waals surface area contributed by atoms with Gasteiger partial charge in [0.05, 0.1) is 0 Å². The van der Waals surface area contributed by atoms with Gasteiger partial charge >= 0.3 is 0 Å². The minimum Gasteiger partial charge on any atom is -0.357 e. The Bertz CT molecular complexity index is 669. The Kier molecular flexibility index (Phi) is 3.21. The normalized spacial score (nSPS) is 18.8. The van der Waals surface area contributed by atoms with E-state index in [1.807, 2.05) is 11.8 Å². The number of aromatic nitrogens is 4. The van der Waals surface area contributed by atoms with Gasteiger partial charge in [-0.05, 0) is 19.8 Å². The van der Waals surface area contributed by atoms with Crippen LogP contribution in [0.25, 0.3) is 5.78 Å². The summed E-state index contributed by atoms with van der Waals surface area (Å²) in [4.78, 5) is 22.3. The molecule has 2 aromatic rings. The maximum Gasteiger partial charge on any atom is 0.255 e. The van der Waals surface area contributed by atoms with Crippen LogP contribution >= 0.6 is 11.6 Å². The number of hydrogen-bond acceptors (Lipinski definition) is 5. The molecule has 7 nitrogen and oxygen atoms in total. The maximum absolute atomic E-state index is 12.0. The van der Waals surface area contributed by atoms with Gasteiger partial charge in [0.15, 0.2) is 0 Å². The van der Waals surface area contributed by atoms with Crippen molar-refractivity contribution in [2.75, 3.05) is 18.5 Å². The first-order valence-corrected chi connectivity index (χ1v) is 6.85. The van der Waals surface area contributed by atoms with Crippen LogP contribution in [0.15, 0.2) is 6.33 Å². The Morgan fingerprint density at radius 1 is 1.55 bits per heavy atom. The van der Waals surface area contributed by atoms with E-state index in [2.05, 4.69) is 20.4 Å². The SMILES string of the molecule is CNC(=O)C1CCCN1c1c(C)c(Cl)nc2ncnn12. The van der Waals surface area contributed by atoms with E-state index in [1.165, 1.54) is 6.33 Å². The molecule has 1 unspecified atom stereocenters. The highest BCUT2D eigenvalue weighted by molar-refractivity contribution is 6.30. The van der Waals surface area contributed by atoms with Gasteiger partial charge in [0.25, 0.3) is 5.78 Å². The quantitative estimate of drug-likeness (QED) is 0.829. The van der Waals surface area contributed by atoms with Crippen molar-refractivity contribution in [1.29, 1.82) is 0 Å². The zero-order chi connectivity index (χ0) is 14.3. The predicted octanol–water partition coefficient (Wildman–Crippen LogP) is 0.801. The number of rotatable bonds is 2. The van der Waals surface area contributed by atoms with Crippen LogP contribution in [0.2, 0.25) is 5.15 Å². The lowest BCUT2D eigenvalue weighted by Gasteiger charge is -2.27. The summed E-state index contributed by atoms with van der Waals surface area (Å²) < 4.78 is 1.64. The number of amides is 1. The number of anilines is 1. The number of carbonyl (C=O) groups is 1. The zero-order valence-electron chi connectivity index (χ0n) is 11.3. The van der Waals surface area contributed by atoms with Crippen molar-refractivity contribution in [3.63, 3.8) is 0 Å². The van der Waals surface area contributed by atoms with Crippen LogP contribution in [0.5, 0.6) is 0 Å². The smallest absolute Gasteiger partial charge is 0.255 e. The third-order valence-corrected chi connectivity index (χ3v) is 4.02. The lowest BCUT2D eigenvalue weighted by molar-refractivity contribution is -0.121. The molecule has 2 aromatic heterocycles. The molecule has 8 heteroatoms. The lowest BCUT2D eigenvalue weighted by Crippen LogP contribution is -2.43. The second-order valence-corrected chi connectivity index (χ2v) is 5.15. The van der Waals surface area contributed by atoms with E-state index in [-0.39, 0.29) is 11.9 Å². The maximum atomic E-state index is 12.0. The molecule has 0 bridgehead atoms. The molecular formula is C12H15ClN6O. The number of nitrogens with one attached hydrogen (secondary N) is 1. The highest BCUT2D eigenvalue weighted by atomic mass is 35.5. The summed E-state index contributed by atoms with van der Waals surface area (Å²) in [6, 6.07) is -0.204. The van der Waals surface area contributed by atoms with Crippen molar-refractivity contribution in [3.05, 3.63) is 17.0 Å². The van der Waals surface area contributed by atoms with Crippen LogP contribution in [-0.4, -0.2) is 45.1 Å². The number of hydrogen-bond donors (Lipinski definition) is 1. The highest BCUT2D eigenvalue weighted by Gasteiger charge is 2.33. The Morgan fingerprint density at radius 3 is 3.10 bits per heavy atom. The van der Waals surface area contributed by atoms with Crippen LogP contribution in [0.3, 0.4) is 0 Å². The fourth-order valence-electron chi connectivity index (χ4n) is 2.68. The molecule has 1 fully saturated rings. The second kappa shape index (κ2) is 4.90. The van der Waals surface area contributed by atoms with Crippen LogP contribution < -0.4 is 10.2 Å². The molecular weight excluding hydrogens is 280 g/mol. The summed E-state index contributed by atoms with van der Waals surface area (Å²) in [5.74, 6) is 1.24.